The first-order valence-corrected chi connectivity index (χ1v) is 10.8. The van der Waals surface area contributed by atoms with Crippen molar-refractivity contribution in [3.63, 3.8) is 0 Å². The van der Waals surface area contributed by atoms with Crippen LogP contribution in [0.4, 0.5) is 26.3 Å². The molecule has 1 atom stereocenters. The number of halogens is 6. The van der Waals surface area contributed by atoms with Crippen LogP contribution in [-0.2, 0) is 36.2 Å². The minimum Gasteiger partial charge on any atom is -0.465 e. The normalized spacial score (nSPS) is 12.5. The molecular formula is C23H26F6N2O6. The molecule has 2 N–H and O–H groups in total. The molecule has 0 bridgehead atoms. The van der Waals surface area contributed by atoms with Gasteiger partial charge in [-0.15, -0.1) is 0 Å². The highest BCUT2D eigenvalue weighted by Crippen LogP contribution is 2.39. The Morgan fingerprint density at radius 1 is 0.973 bits per heavy atom. The number of hydrogen-bond acceptors (Lipinski definition) is 6. The van der Waals surface area contributed by atoms with Gasteiger partial charge in [-0.05, 0) is 31.4 Å². The van der Waals surface area contributed by atoms with Gasteiger partial charge >= 0.3 is 24.3 Å². The second kappa shape index (κ2) is 13.1. The quantitative estimate of drug-likeness (QED) is 0.252. The van der Waals surface area contributed by atoms with Gasteiger partial charge < -0.3 is 20.1 Å². The Labute approximate surface area is 208 Å². The predicted molar refractivity (Wildman–Crippen MR) is 117 cm³/mol. The highest BCUT2D eigenvalue weighted by atomic mass is 19.4. The number of hydrogen-bond donors (Lipinski definition) is 2. The largest absolute Gasteiger partial charge is 0.465 e. The fraction of sp³-hybridized carbons (Fsp3) is 0.478. The van der Waals surface area contributed by atoms with Crippen molar-refractivity contribution in [2.24, 2.45) is 5.92 Å². The Kier molecular flexibility index (Phi) is 11.1. The van der Waals surface area contributed by atoms with E-state index in [9.17, 15) is 45.5 Å². The van der Waals surface area contributed by atoms with Crippen LogP contribution in [0, 0.1) is 5.92 Å². The zero-order valence-electron chi connectivity index (χ0n) is 20.1. The van der Waals surface area contributed by atoms with E-state index < -0.39 is 77.6 Å². The van der Waals surface area contributed by atoms with Crippen LogP contribution in [0.2, 0.25) is 0 Å². The average Bonchev–Trinajstić information content (AvgIpc) is 2.78. The van der Waals surface area contributed by atoms with Crippen LogP contribution in [-0.4, -0.2) is 49.6 Å². The Morgan fingerprint density at radius 2 is 1.51 bits per heavy atom. The predicted octanol–water partition coefficient (Wildman–Crippen LogP) is 3.65. The van der Waals surface area contributed by atoms with Crippen LogP contribution in [0.3, 0.4) is 0 Å². The van der Waals surface area contributed by atoms with Gasteiger partial charge in [0.2, 0.25) is 5.91 Å². The zero-order valence-corrected chi connectivity index (χ0v) is 20.1. The molecule has 14 heteroatoms. The third kappa shape index (κ3) is 9.77. The van der Waals surface area contributed by atoms with Gasteiger partial charge in [0.15, 0.2) is 0 Å². The minimum absolute atomic E-state index is 0.0807. The van der Waals surface area contributed by atoms with Crippen molar-refractivity contribution in [3.05, 3.63) is 47.0 Å². The number of esters is 2. The van der Waals surface area contributed by atoms with E-state index in [1.807, 2.05) is 0 Å². The van der Waals surface area contributed by atoms with E-state index in [1.54, 1.807) is 20.8 Å². The number of nitrogens with one attached hydrogen (secondary N) is 2. The Bertz CT molecular complexity index is 988. The van der Waals surface area contributed by atoms with Gasteiger partial charge in [-0.3, -0.25) is 14.4 Å². The first-order chi connectivity index (χ1) is 17.0. The fourth-order valence-corrected chi connectivity index (χ4v) is 2.99. The van der Waals surface area contributed by atoms with E-state index in [0.717, 1.165) is 0 Å². The Morgan fingerprint density at radius 3 is 1.97 bits per heavy atom. The molecule has 1 aromatic carbocycles. The first-order valence-electron chi connectivity index (χ1n) is 10.8. The summed E-state index contributed by atoms with van der Waals surface area (Å²) in [5, 5.41) is 4.56. The maximum atomic E-state index is 13.3. The van der Waals surface area contributed by atoms with Gasteiger partial charge in [-0.1, -0.05) is 26.5 Å². The van der Waals surface area contributed by atoms with Crippen LogP contribution in [0.5, 0.6) is 0 Å². The first kappa shape index (κ1) is 31.4. The number of alkyl halides is 6. The van der Waals surface area contributed by atoms with Crippen LogP contribution in [0.1, 0.15) is 48.7 Å². The van der Waals surface area contributed by atoms with Gasteiger partial charge in [0.05, 0.1) is 23.3 Å². The number of carbonyl (C=O) groups is 4. The SMILES string of the molecule is C=C(COC(=O)c1c(C(F)(F)F)cccc1C(F)(F)F)C(=O)N[C@@H](CC(C)C)C(=O)NCC(=O)OCC. The lowest BCUT2D eigenvalue weighted by Gasteiger charge is -2.21. The molecule has 0 spiro atoms. The maximum absolute atomic E-state index is 13.3. The smallest absolute Gasteiger partial charge is 0.417 e. The second-order valence-electron chi connectivity index (χ2n) is 8.08. The molecule has 0 fully saturated rings. The Balaban J connectivity index is 2.97. The second-order valence-corrected chi connectivity index (χ2v) is 8.08. The van der Waals surface area contributed by atoms with Crippen molar-refractivity contribution in [2.75, 3.05) is 19.8 Å². The summed E-state index contributed by atoms with van der Waals surface area (Å²) in [5.41, 5.74) is -6.04. The maximum Gasteiger partial charge on any atom is 0.417 e. The molecule has 2 amide bonds. The van der Waals surface area contributed by atoms with Crippen molar-refractivity contribution < 1.29 is 55.0 Å². The van der Waals surface area contributed by atoms with Crippen molar-refractivity contribution in [3.8, 4) is 0 Å². The minimum atomic E-state index is -5.30. The molecule has 0 aliphatic carbocycles. The summed E-state index contributed by atoms with van der Waals surface area (Å²) in [6, 6.07) is -0.106. The topological polar surface area (TPSA) is 111 Å². The van der Waals surface area contributed by atoms with E-state index in [-0.39, 0.29) is 18.9 Å². The van der Waals surface area contributed by atoms with Gasteiger partial charge in [-0.2, -0.15) is 26.3 Å². The van der Waals surface area contributed by atoms with Crippen LogP contribution < -0.4 is 10.6 Å². The van der Waals surface area contributed by atoms with E-state index in [4.69, 9.17) is 0 Å². The zero-order chi connectivity index (χ0) is 28.6. The number of benzene rings is 1. The molecule has 0 aromatic heterocycles. The van der Waals surface area contributed by atoms with E-state index >= 15 is 0 Å². The molecule has 37 heavy (non-hydrogen) atoms. The lowest BCUT2D eigenvalue weighted by Crippen LogP contribution is -2.49. The number of amides is 2. The summed E-state index contributed by atoms with van der Waals surface area (Å²) >= 11 is 0. The van der Waals surface area contributed by atoms with Gasteiger partial charge in [0.25, 0.3) is 5.91 Å². The molecule has 0 heterocycles. The van der Waals surface area contributed by atoms with Crippen molar-refractivity contribution in [1.29, 1.82) is 0 Å². The van der Waals surface area contributed by atoms with Crippen LogP contribution in [0.15, 0.2) is 30.4 Å². The van der Waals surface area contributed by atoms with Gasteiger partial charge in [0, 0.05) is 5.57 Å². The van der Waals surface area contributed by atoms with E-state index in [0.29, 0.717) is 18.2 Å². The van der Waals surface area contributed by atoms with Crippen molar-refractivity contribution in [2.45, 2.75) is 45.6 Å². The molecule has 8 nitrogen and oxygen atoms in total. The molecule has 1 rings (SSSR count). The molecule has 0 aliphatic rings. The standard InChI is InChI=1S/C23H26F6N2O6/c1-5-36-17(32)10-30-20(34)16(9-12(2)3)31-19(33)13(4)11-37-21(35)18-14(22(24,25)26)7-6-8-15(18)23(27,28)29/h6-8,12,16H,4-5,9-11H2,1-3H3,(H,30,34)(H,31,33)/t16-/m0/s1. The molecule has 206 valence electrons. The summed E-state index contributed by atoms with van der Waals surface area (Å²) in [7, 11) is 0. The fourth-order valence-electron chi connectivity index (χ4n) is 2.99. The molecule has 1 aromatic rings. The lowest BCUT2D eigenvalue weighted by molar-refractivity contribution is -0.144. The summed E-state index contributed by atoms with van der Waals surface area (Å²) in [5.74, 6) is -4.62. The third-order valence-corrected chi connectivity index (χ3v) is 4.62. The summed E-state index contributed by atoms with van der Waals surface area (Å²) < 4.78 is 88.8. The van der Waals surface area contributed by atoms with E-state index in [2.05, 4.69) is 26.7 Å². The monoisotopic (exact) mass is 540 g/mol. The van der Waals surface area contributed by atoms with Crippen molar-refractivity contribution >= 4 is 23.8 Å². The molecule has 0 saturated heterocycles. The molecule has 0 saturated carbocycles. The number of carbonyl (C=O) groups excluding carboxylic acids is 4. The average molecular weight is 540 g/mol. The van der Waals surface area contributed by atoms with Crippen molar-refractivity contribution in [1.82, 2.24) is 10.6 Å². The highest BCUT2D eigenvalue weighted by molar-refractivity contribution is 5.98. The molecular weight excluding hydrogens is 514 g/mol. The molecule has 0 radical (unpaired) electrons. The van der Waals surface area contributed by atoms with Crippen LogP contribution >= 0.6 is 0 Å². The Hall–Kier alpha value is -3.58. The lowest BCUT2D eigenvalue weighted by atomic mass is 10.00. The highest BCUT2D eigenvalue weighted by Gasteiger charge is 2.43. The van der Waals surface area contributed by atoms with Crippen LogP contribution in [0.25, 0.3) is 0 Å². The van der Waals surface area contributed by atoms with Gasteiger partial charge in [0.1, 0.15) is 19.2 Å². The number of rotatable bonds is 11. The summed E-state index contributed by atoms with van der Waals surface area (Å²) in [6.45, 7) is 6.87. The summed E-state index contributed by atoms with van der Waals surface area (Å²) in [6.07, 6.45) is -10.5. The summed E-state index contributed by atoms with van der Waals surface area (Å²) in [4.78, 5) is 48.6. The third-order valence-electron chi connectivity index (χ3n) is 4.62. The van der Waals surface area contributed by atoms with E-state index in [1.165, 1.54) is 0 Å². The van der Waals surface area contributed by atoms with Gasteiger partial charge in [-0.25, -0.2) is 4.79 Å². The number of ether oxygens (including phenoxy) is 2. The molecule has 0 aliphatic heterocycles. The molecule has 0 unspecified atom stereocenters.